The number of amides is 1. The number of likely N-dealkylation sites (N-methyl/N-ethyl adjacent to an activating group) is 1. The fourth-order valence-electron chi connectivity index (χ4n) is 4.49. The Bertz CT molecular complexity index is 527. The van der Waals surface area contributed by atoms with Crippen molar-refractivity contribution < 1.29 is 9.21 Å². The average Bonchev–Trinajstić information content (AvgIpc) is 3.15. The lowest BCUT2D eigenvalue weighted by Gasteiger charge is -2.35. The molecule has 2 fully saturated rings. The molecule has 0 spiro atoms. The predicted octanol–water partition coefficient (Wildman–Crippen LogP) is 1.51. The average molecular weight is 275 g/mol. The van der Waals surface area contributed by atoms with Crippen molar-refractivity contribution in [2.24, 2.45) is 11.8 Å². The second-order valence-corrected chi connectivity index (χ2v) is 6.41. The van der Waals surface area contributed by atoms with E-state index in [1.165, 1.54) is 32.1 Å². The maximum Gasteiger partial charge on any atom is 0.247 e. The van der Waals surface area contributed by atoms with E-state index >= 15 is 0 Å². The minimum absolute atomic E-state index is 0.167. The number of rotatable bonds is 2. The van der Waals surface area contributed by atoms with E-state index in [1.54, 1.807) is 0 Å². The highest BCUT2D eigenvalue weighted by molar-refractivity contribution is 5.83. The van der Waals surface area contributed by atoms with E-state index in [0.29, 0.717) is 11.8 Å². The molecule has 2 heterocycles. The summed E-state index contributed by atoms with van der Waals surface area (Å²) in [4.78, 5) is 19.3. The molecule has 2 saturated carbocycles. The van der Waals surface area contributed by atoms with Gasteiger partial charge in [-0.05, 0) is 38.1 Å². The van der Waals surface area contributed by atoms with Gasteiger partial charge < -0.3 is 14.6 Å². The molecule has 1 N–H and O–H groups in total. The molecule has 1 aromatic heterocycles. The van der Waals surface area contributed by atoms with Gasteiger partial charge in [0.05, 0.1) is 5.69 Å². The fraction of sp³-hybridized carbons (Fsp3) is 0.733. The third kappa shape index (κ3) is 1.72. The molecule has 4 unspecified atom stereocenters. The van der Waals surface area contributed by atoms with Crippen LogP contribution in [-0.2, 0) is 11.2 Å². The highest BCUT2D eigenvalue weighted by Gasteiger charge is 2.46. The molecule has 4 rings (SSSR count). The maximum atomic E-state index is 12.9. The summed E-state index contributed by atoms with van der Waals surface area (Å²) in [6.07, 6.45) is 7.44. The number of carbonyl (C=O) groups excluding carboxylic acids is 1. The van der Waals surface area contributed by atoms with Gasteiger partial charge in [0.25, 0.3) is 0 Å². The summed E-state index contributed by atoms with van der Waals surface area (Å²) in [6.45, 7) is 0.782. The van der Waals surface area contributed by atoms with Crippen molar-refractivity contribution >= 4 is 5.91 Å². The van der Waals surface area contributed by atoms with Crippen molar-refractivity contribution in [2.45, 2.75) is 44.2 Å². The van der Waals surface area contributed by atoms with Crippen LogP contribution >= 0.6 is 0 Å². The number of fused-ring (bicyclic) bond motifs is 3. The van der Waals surface area contributed by atoms with Crippen LogP contribution in [0, 0.1) is 11.8 Å². The largest absolute Gasteiger partial charge is 0.446 e. The summed E-state index contributed by atoms with van der Waals surface area (Å²) in [7, 11) is 1.82. The Balaban J connectivity index is 1.63. The van der Waals surface area contributed by atoms with Crippen molar-refractivity contribution in [2.75, 3.05) is 13.6 Å². The van der Waals surface area contributed by atoms with Gasteiger partial charge in [-0.3, -0.25) is 4.79 Å². The standard InChI is InChI=1S/C15H21N3O2/c1-16-13-14-11(17-8-20-14)4-5-18(15(13)19)12-7-9-2-3-10(12)6-9/h8-10,12-13,16H,2-7H2,1H3. The minimum atomic E-state index is -0.367. The molecule has 0 aromatic carbocycles. The Morgan fingerprint density at radius 3 is 3.00 bits per heavy atom. The van der Waals surface area contributed by atoms with Crippen molar-refractivity contribution in [3.05, 3.63) is 17.8 Å². The van der Waals surface area contributed by atoms with Gasteiger partial charge in [0, 0.05) is 19.0 Å². The first-order chi connectivity index (χ1) is 9.78. The summed E-state index contributed by atoms with van der Waals surface area (Å²) >= 11 is 0. The zero-order valence-electron chi connectivity index (χ0n) is 11.8. The number of aromatic nitrogens is 1. The number of oxazole rings is 1. The molecule has 2 bridgehead atoms. The SMILES string of the molecule is CNC1C(=O)N(C2CC3CCC2C3)CCc2ncoc21. The van der Waals surface area contributed by atoms with Gasteiger partial charge in [0.2, 0.25) is 5.91 Å². The molecular weight excluding hydrogens is 254 g/mol. The Morgan fingerprint density at radius 1 is 1.40 bits per heavy atom. The van der Waals surface area contributed by atoms with Gasteiger partial charge in [-0.1, -0.05) is 6.42 Å². The van der Waals surface area contributed by atoms with E-state index in [-0.39, 0.29) is 11.9 Å². The number of carbonyl (C=O) groups is 1. The molecule has 5 nitrogen and oxygen atoms in total. The Labute approximate surface area is 118 Å². The topological polar surface area (TPSA) is 58.4 Å². The number of hydrogen-bond donors (Lipinski definition) is 1. The molecule has 0 radical (unpaired) electrons. The van der Waals surface area contributed by atoms with Crippen LogP contribution in [0.25, 0.3) is 0 Å². The quantitative estimate of drug-likeness (QED) is 0.889. The lowest BCUT2D eigenvalue weighted by molar-refractivity contribution is -0.137. The molecule has 3 aliphatic rings. The first kappa shape index (κ1) is 12.4. The number of nitrogens with one attached hydrogen (secondary N) is 1. The van der Waals surface area contributed by atoms with E-state index in [2.05, 4.69) is 15.2 Å². The molecular formula is C15H21N3O2. The molecule has 1 aromatic rings. The lowest BCUT2D eigenvalue weighted by atomic mass is 9.93. The van der Waals surface area contributed by atoms with Crippen LogP contribution in [0.4, 0.5) is 0 Å². The highest BCUT2D eigenvalue weighted by Crippen LogP contribution is 2.47. The van der Waals surface area contributed by atoms with Gasteiger partial charge in [-0.25, -0.2) is 4.98 Å². The van der Waals surface area contributed by atoms with Gasteiger partial charge in [0.15, 0.2) is 12.2 Å². The zero-order chi connectivity index (χ0) is 13.7. The third-order valence-corrected chi connectivity index (χ3v) is 5.44. The Morgan fingerprint density at radius 2 is 2.30 bits per heavy atom. The molecule has 5 heteroatoms. The van der Waals surface area contributed by atoms with Crippen LogP contribution in [-0.4, -0.2) is 35.4 Å². The Kier molecular flexibility index (Phi) is 2.84. The van der Waals surface area contributed by atoms with Crippen molar-refractivity contribution in [3.63, 3.8) is 0 Å². The van der Waals surface area contributed by atoms with Gasteiger partial charge in [0.1, 0.15) is 6.04 Å². The smallest absolute Gasteiger partial charge is 0.247 e. The van der Waals surface area contributed by atoms with Gasteiger partial charge in [-0.2, -0.15) is 0 Å². The van der Waals surface area contributed by atoms with Crippen LogP contribution in [0.15, 0.2) is 10.8 Å². The first-order valence-electron chi connectivity index (χ1n) is 7.68. The summed E-state index contributed by atoms with van der Waals surface area (Å²) < 4.78 is 5.46. The fourth-order valence-corrected chi connectivity index (χ4v) is 4.49. The van der Waals surface area contributed by atoms with E-state index < -0.39 is 0 Å². The summed E-state index contributed by atoms with van der Waals surface area (Å²) in [6, 6.07) is 0.0789. The molecule has 4 atom stereocenters. The van der Waals surface area contributed by atoms with E-state index in [4.69, 9.17) is 4.42 Å². The minimum Gasteiger partial charge on any atom is -0.446 e. The molecule has 2 aliphatic carbocycles. The number of nitrogens with zero attached hydrogens (tertiary/aromatic N) is 2. The van der Waals surface area contributed by atoms with E-state index in [1.807, 2.05) is 7.05 Å². The summed E-state index contributed by atoms with van der Waals surface area (Å²) in [5, 5.41) is 3.11. The first-order valence-corrected chi connectivity index (χ1v) is 7.68. The van der Waals surface area contributed by atoms with Crippen LogP contribution in [0.3, 0.4) is 0 Å². The molecule has 20 heavy (non-hydrogen) atoms. The molecule has 108 valence electrons. The molecule has 0 saturated heterocycles. The van der Waals surface area contributed by atoms with Crippen LogP contribution in [0.2, 0.25) is 0 Å². The predicted molar refractivity (Wildman–Crippen MR) is 73.0 cm³/mol. The van der Waals surface area contributed by atoms with Crippen molar-refractivity contribution in [1.82, 2.24) is 15.2 Å². The van der Waals surface area contributed by atoms with Gasteiger partial charge >= 0.3 is 0 Å². The highest BCUT2D eigenvalue weighted by atomic mass is 16.3. The summed E-state index contributed by atoms with van der Waals surface area (Å²) in [5.41, 5.74) is 0.934. The second kappa shape index (κ2) is 4.58. The third-order valence-electron chi connectivity index (χ3n) is 5.44. The van der Waals surface area contributed by atoms with E-state index in [0.717, 1.165) is 30.5 Å². The van der Waals surface area contributed by atoms with Crippen LogP contribution in [0.5, 0.6) is 0 Å². The normalized spacial score (nSPS) is 36.2. The molecule has 1 aliphatic heterocycles. The molecule has 1 amide bonds. The summed E-state index contributed by atoms with van der Waals surface area (Å²) in [5.74, 6) is 2.45. The monoisotopic (exact) mass is 275 g/mol. The lowest BCUT2D eigenvalue weighted by Crippen LogP contribution is -2.47. The van der Waals surface area contributed by atoms with Crippen molar-refractivity contribution in [3.8, 4) is 0 Å². The van der Waals surface area contributed by atoms with Crippen molar-refractivity contribution in [1.29, 1.82) is 0 Å². The second-order valence-electron chi connectivity index (χ2n) is 6.41. The zero-order valence-corrected chi connectivity index (χ0v) is 11.8. The number of hydrogen-bond acceptors (Lipinski definition) is 4. The van der Waals surface area contributed by atoms with Crippen LogP contribution in [0.1, 0.15) is 43.2 Å². The van der Waals surface area contributed by atoms with E-state index in [9.17, 15) is 4.79 Å². The maximum absolute atomic E-state index is 12.9. The van der Waals surface area contributed by atoms with Crippen LogP contribution < -0.4 is 5.32 Å². The Hall–Kier alpha value is -1.36. The van der Waals surface area contributed by atoms with Gasteiger partial charge in [-0.15, -0.1) is 0 Å².